The molecule has 0 radical (unpaired) electrons. The average molecular weight is 523 g/mol. The second-order valence-corrected chi connectivity index (χ2v) is 8.91. The minimum Gasteiger partial charge on any atom is -0.478 e. The molecule has 0 saturated heterocycles. The van der Waals surface area contributed by atoms with Crippen LogP contribution in [0.3, 0.4) is 0 Å². The maximum atomic E-state index is 12.7. The molecular weight excluding hydrogens is 503 g/mol. The van der Waals surface area contributed by atoms with Gasteiger partial charge in [-0.05, 0) is 29.8 Å². The molecule has 0 fully saturated rings. The Morgan fingerprint density at radius 2 is 1.64 bits per heavy atom. The quantitative estimate of drug-likeness (QED) is 0.392. The Bertz CT molecular complexity index is 1320. The van der Waals surface area contributed by atoms with E-state index in [4.69, 9.17) is 4.74 Å². The van der Waals surface area contributed by atoms with Crippen LogP contribution in [0.5, 0.6) is 5.88 Å². The molecule has 3 rings (SSSR count). The van der Waals surface area contributed by atoms with Gasteiger partial charge in [-0.1, -0.05) is 30.3 Å². The second kappa shape index (κ2) is 11.0. The highest BCUT2D eigenvalue weighted by Gasteiger charge is 2.40. The summed E-state index contributed by atoms with van der Waals surface area (Å²) in [6.07, 6.45) is -3.02. The van der Waals surface area contributed by atoms with Gasteiger partial charge in [0.05, 0.1) is 24.5 Å². The van der Waals surface area contributed by atoms with Crippen molar-refractivity contribution in [1.82, 2.24) is 15.3 Å². The van der Waals surface area contributed by atoms with Gasteiger partial charge in [0, 0.05) is 18.1 Å². The lowest BCUT2D eigenvalue weighted by Gasteiger charge is -2.20. The zero-order valence-corrected chi connectivity index (χ0v) is 19.4. The van der Waals surface area contributed by atoms with Gasteiger partial charge in [0.15, 0.2) is 0 Å². The highest BCUT2D eigenvalue weighted by Crippen LogP contribution is 2.24. The van der Waals surface area contributed by atoms with Gasteiger partial charge < -0.3 is 15.4 Å². The van der Waals surface area contributed by atoms with Gasteiger partial charge in [-0.25, -0.2) is 18.4 Å². The number of carbonyl (C=O) groups excluding carboxylic acids is 2. The molecule has 190 valence electrons. The Kier molecular flexibility index (Phi) is 8.09. The monoisotopic (exact) mass is 523 g/mol. The molecule has 0 aliphatic carbocycles. The van der Waals surface area contributed by atoms with Crippen LogP contribution >= 0.6 is 0 Å². The Labute approximate surface area is 204 Å². The number of methoxy groups -OCH3 is 1. The van der Waals surface area contributed by atoms with Crippen molar-refractivity contribution in [1.29, 1.82) is 0 Å². The maximum Gasteiger partial charge on any atom is 0.471 e. The fourth-order valence-electron chi connectivity index (χ4n) is 3.02. The van der Waals surface area contributed by atoms with Gasteiger partial charge >= 0.3 is 12.1 Å². The molecule has 2 amide bonds. The van der Waals surface area contributed by atoms with E-state index in [1.54, 1.807) is 18.2 Å². The second-order valence-electron chi connectivity index (χ2n) is 7.23. The number of nitrogens with one attached hydrogen (secondary N) is 3. The molecule has 14 heteroatoms. The normalized spacial score (nSPS) is 12.3. The lowest BCUT2D eigenvalue weighted by molar-refractivity contribution is -0.174. The number of alkyl halides is 3. The molecule has 1 aromatic heterocycles. The number of amides is 2. The third-order valence-corrected chi connectivity index (χ3v) is 6.05. The predicted octanol–water partition coefficient (Wildman–Crippen LogP) is 3.03. The summed E-state index contributed by atoms with van der Waals surface area (Å²) in [7, 11) is -2.77. The highest BCUT2D eigenvalue weighted by molar-refractivity contribution is 7.92. The van der Waals surface area contributed by atoms with Crippen LogP contribution in [0.1, 0.15) is 18.0 Å². The standard InChI is InChI=1S/C22H20F3N5O5S/c1-35-20-19(26-11-12-27-20)30-36(33,34)16-9-7-15(8-10-16)28-18(31)13-17(14-5-3-2-4-6-14)29-21(32)22(23,24)25/h2-12,17H,13H2,1H3,(H,26,30)(H,28,31)(H,29,32). The van der Waals surface area contributed by atoms with E-state index in [-0.39, 0.29) is 22.3 Å². The number of sulfonamides is 1. The molecule has 1 unspecified atom stereocenters. The largest absolute Gasteiger partial charge is 0.478 e. The van der Waals surface area contributed by atoms with Crippen molar-refractivity contribution in [3.63, 3.8) is 0 Å². The molecule has 3 N–H and O–H groups in total. The Hall–Kier alpha value is -4.20. The molecule has 2 aromatic carbocycles. The van der Waals surface area contributed by atoms with Crippen LogP contribution in [0.25, 0.3) is 0 Å². The van der Waals surface area contributed by atoms with Gasteiger partial charge in [0.25, 0.3) is 15.9 Å². The number of halogens is 3. The van der Waals surface area contributed by atoms with Crippen LogP contribution in [0, 0.1) is 0 Å². The van der Waals surface area contributed by atoms with E-state index in [9.17, 15) is 31.2 Å². The van der Waals surface area contributed by atoms with Crippen LogP contribution in [-0.2, 0) is 19.6 Å². The molecule has 0 spiro atoms. The molecular formula is C22H20F3N5O5S. The molecule has 10 nitrogen and oxygen atoms in total. The number of rotatable bonds is 9. The summed E-state index contributed by atoms with van der Waals surface area (Å²) in [6.45, 7) is 0. The van der Waals surface area contributed by atoms with E-state index < -0.39 is 40.5 Å². The lowest BCUT2D eigenvalue weighted by atomic mass is 10.0. The van der Waals surface area contributed by atoms with E-state index in [2.05, 4.69) is 20.0 Å². The van der Waals surface area contributed by atoms with E-state index in [0.29, 0.717) is 5.56 Å². The number of nitrogens with zero attached hydrogens (tertiary/aromatic N) is 2. The van der Waals surface area contributed by atoms with Crippen molar-refractivity contribution in [3.05, 3.63) is 72.6 Å². The number of hydrogen-bond donors (Lipinski definition) is 3. The number of aromatic nitrogens is 2. The predicted molar refractivity (Wildman–Crippen MR) is 122 cm³/mol. The smallest absolute Gasteiger partial charge is 0.471 e. The van der Waals surface area contributed by atoms with E-state index in [0.717, 1.165) is 0 Å². The SMILES string of the molecule is COc1nccnc1NS(=O)(=O)c1ccc(NC(=O)CC(NC(=O)C(F)(F)F)c2ccccc2)cc1. The topological polar surface area (TPSA) is 139 Å². The summed E-state index contributed by atoms with van der Waals surface area (Å²) in [5.74, 6) is -3.03. The third kappa shape index (κ3) is 6.91. The summed E-state index contributed by atoms with van der Waals surface area (Å²) in [5, 5.41) is 4.29. The number of benzene rings is 2. The van der Waals surface area contributed by atoms with Gasteiger partial charge in [0.2, 0.25) is 11.7 Å². The first-order chi connectivity index (χ1) is 17.0. The minimum atomic E-state index is -5.12. The van der Waals surface area contributed by atoms with Crippen LogP contribution < -0.4 is 20.1 Å². The van der Waals surface area contributed by atoms with Crippen molar-refractivity contribution in [2.45, 2.75) is 23.5 Å². The van der Waals surface area contributed by atoms with Crippen molar-refractivity contribution >= 4 is 33.3 Å². The fourth-order valence-corrected chi connectivity index (χ4v) is 4.03. The van der Waals surface area contributed by atoms with Crippen LogP contribution in [0.4, 0.5) is 24.7 Å². The van der Waals surface area contributed by atoms with E-state index in [1.165, 1.54) is 55.9 Å². The van der Waals surface area contributed by atoms with Crippen LogP contribution in [-0.4, -0.2) is 43.5 Å². The summed E-state index contributed by atoms with van der Waals surface area (Å²) < 4.78 is 70.7. The first kappa shape index (κ1) is 26.4. The van der Waals surface area contributed by atoms with Gasteiger partial charge in [-0.2, -0.15) is 13.2 Å². The van der Waals surface area contributed by atoms with Crippen LogP contribution in [0.2, 0.25) is 0 Å². The van der Waals surface area contributed by atoms with Gasteiger partial charge in [0.1, 0.15) is 0 Å². The summed E-state index contributed by atoms with van der Waals surface area (Å²) >= 11 is 0. The first-order valence-electron chi connectivity index (χ1n) is 10.2. The molecule has 0 aliphatic rings. The van der Waals surface area contributed by atoms with Gasteiger partial charge in [-0.3, -0.25) is 14.3 Å². The van der Waals surface area contributed by atoms with Crippen molar-refractivity contribution in [2.24, 2.45) is 0 Å². The zero-order chi connectivity index (χ0) is 26.3. The summed E-state index contributed by atoms with van der Waals surface area (Å²) in [5.41, 5.74) is 0.488. The molecule has 1 heterocycles. The van der Waals surface area contributed by atoms with Crippen molar-refractivity contribution < 1.29 is 35.9 Å². The van der Waals surface area contributed by atoms with E-state index in [1.807, 2.05) is 5.32 Å². The molecule has 0 bridgehead atoms. The highest BCUT2D eigenvalue weighted by atomic mass is 32.2. The first-order valence-corrected chi connectivity index (χ1v) is 11.7. The zero-order valence-electron chi connectivity index (χ0n) is 18.6. The summed E-state index contributed by atoms with van der Waals surface area (Å²) in [6, 6.07) is 11.5. The maximum absolute atomic E-state index is 12.7. The number of hydrogen-bond acceptors (Lipinski definition) is 7. The summed E-state index contributed by atoms with van der Waals surface area (Å²) in [4.78, 5) is 31.5. The molecule has 1 atom stereocenters. The lowest BCUT2D eigenvalue weighted by Crippen LogP contribution is -2.40. The molecule has 3 aromatic rings. The van der Waals surface area contributed by atoms with Crippen molar-refractivity contribution in [3.8, 4) is 5.88 Å². The van der Waals surface area contributed by atoms with Gasteiger partial charge in [-0.15, -0.1) is 0 Å². The molecule has 0 aliphatic heterocycles. The van der Waals surface area contributed by atoms with E-state index >= 15 is 0 Å². The number of carbonyl (C=O) groups is 2. The Morgan fingerprint density at radius 1 is 1.00 bits per heavy atom. The van der Waals surface area contributed by atoms with Crippen LogP contribution in [0.15, 0.2) is 71.9 Å². The Balaban J connectivity index is 1.70. The molecule has 0 saturated carbocycles. The van der Waals surface area contributed by atoms with Crippen molar-refractivity contribution in [2.75, 3.05) is 17.1 Å². The minimum absolute atomic E-state index is 0.0319. The Morgan fingerprint density at radius 3 is 2.25 bits per heavy atom. The number of anilines is 2. The third-order valence-electron chi connectivity index (χ3n) is 4.69. The number of ether oxygens (including phenoxy) is 1. The molecule has 36 heavy (non-hydrogen) atoms. The fraction of sp³-hybridized carbons (Fsp3) is 0.182. The average Bonchev–Trinajstić information content (AvgIpc) is 2.84.